The van der Waals surface area contributed by atoms with Crippen molar-refractivity contribution in [1.82, 2.24) is 9.78 Å². The second-order valence-corrected chi connectivity index (χ2v) is 5.46. The number of ether oxygens (including phenoxy) is 1. The van der Waals surface area contributed by atoms with E-state index in [4.69, 9.17) is 10.5 Å². The van der Waals surface area contributed by atoms with Gasteiger partial charge in [0.05, 0.1) is 12.3 Å². The van der Waals surface area contributed by atoms with E-state index < -0.39 is 0 Å². The smallest absolute Gasteiger partial charge is 0.358 e. The van der Waals surface area contributed by atoms with Gasteiger partial charge in [0.25, 0.3) is 0 Å². The molecule has 0 radical (unpaired) electrons. The summed E-state index contributed by atoms with van der Waals surface area (Å²) in [7, 11) is 0. The monoisotopic (exact) mass is 285 g/mol. The van der Waals surface area contributed by atoms with E-state index in [0.717, 1.165) is 18.0 Å². The first-order valence-corrected chi connectivity index (χ1v) is 7.31. The van der Waals surface area contributed by atoms with Crippen molar-refractivity contribution in [2.75, 3.05) is 12.3 Å². The van der Waals surface area contributed by atoms with Gasteiger partial charge in [-0.2, -0.15) is 5.10 Å². The predicted molar refractivity (Wildman–Crippen MR) is 80.2 cm³/mol. The van der Waals surface area contributed by atoms with Crippen LogP contribution in [0.3, 0.4) is 0 Å². The first kappa shape index (κ1) is 13.7. The number of carbonyl (C=O) groups is 1. The van der Waals surface area contributed by atoms with E-state index in [9.17, 15) is 4.79 Å². The number of hydrogen-bond donors (Lipinski definition) is 1. The number of nitrogen functional groups attached to an aromatic ring is 1. The Labute approximate surface area is 123 Å². The fourth-order valence-corrected chi connectivity index (χ4v) is 2.38. The van der Waals surface area contributed by atoms with E-state index in [0.29, 0.717) is 18.0 Å². The minimum absolute atomic E-state index is 0.334. The number of hydrogen-bond acceptors (Lipinski definition) is 4. The molecule has 0 spiro atoms. The number of rotatable bonds is 5. The molecule has 1 saturated carbocycles. The van der Waals surface area contributed by atoms with Crippen molar-refractivity contribution < 1.29 is 9.53 Å². The van der Waals surface area contributed by atoms with Crippen molar-refractivity contribution in [3.8, 4) is 5.69 Å². The molecule has 3 rings (SSSR count). The molecule has 1 aromatic carbocycles. The molecule has 0 unspecified atom stereocenters. The third-order valence-electron chi connectivity index (χ3n) is 3.94. The van der Waals surface area contributed by atoms with E-state index in [1.165, 1.54) is 19.3 Å². The van der Waals surface area contributed by atoms with Gasteiger partial charge in [0, 0.05) is 11.9 Å². The van der Waals surface area contributed by atoms with Crippen LogP contribution in [0.25, 0.3) is 5.69 Å². The topological polar surface area (TPSA) is 70.1 Å². The summed E-state index contributed by atoms with van der Waals surface area (Å²) in [5.41, 5.74) is 7.54. The highest BCUT2D eigenvalue weighted by atomic mass is 16.5. The van der Waals surface area contributed by atoms with Crippen molar-refractivity contribution >= 4 is 11.7 Å². The molecule has 1 heterocycles. The van der Waals surface area contributed by atoms with Crippen LogP contribution in [-0.2, 0) is 4.74 Å². The van der Waals surface area contributed by atoms with Crippen LogP contribution in [0.4, 0.5) is 5.69 Å². The van der Waals surface area contributed by atoms with Gasteiger partial charge in [0.2, 0.25) is 0 Å². The summed E-state index contributed by atoms with van der Waals surface area (Å²) in [6.45, 7) is 0.484. The maximum Gasteiger partial charge on any atom is 0.358 e. The Kier molecular flexibility index (Phi) is 3.90. The lowest BCUT2D eigenvalue weighted by Crippen LogP contribution is -2.15. The van der Waals surface area contributed by atoms with Crippen molar-refractivity contribution in [2.24, 2.45) is 5.92 Å². The lowest BCUT2D eigenvalue weighted by atomic mass is 9.83. The third-order valence-corrected chi connectivity index (χ3v) is 3.94. The lowest BCUT2D eigenvalue weighted by Gasteiger charge is -2.24. The standard InChI is InChI=1S/C16H19N3O2/c17-13-4-6-14(7-5-13)19-10-8-15(18-19)16(20)21-11-9-12-2-1-3-12/h4-8,10,12H,1-3,9,11,17H2. The zero-order valence-corrected chi connectivity index (χ0v) is 11.9. The average molecular weight is 285 g/mol. The fourth-order valence-electron chi connectivity index (χ4n) is 2.38. The molecule has 21 heavy (non-hydrogen) atoms. The Bertz CT molecular complexity index is 615. The molecule has 2 aromatic rings. The number of esters is 1. The Balaban J connectivity index is 1.58. The van der Waals surface area contributed by atoms with E-state index >= 15 is 0 Å². The average Bonchev–Trinajstić information content (AvgIpc) is 2.92. The molecule has 0 saturated heterocycles. The fraction of sp³-hybridized carbons (Fsp3) is 0.375. The van der Waals surface area contributed by atoms with Gasteiger partial charge in [0.15, 0.2) is 5.69 Å². The molecule has 0 aliphatic heterocycles. The van der Waals surface area contributed by atoms with Crippen LogP contribution in [-0.4, -0.2) is 22.4 Å². The predicted octanol–water partition coefficient (Wildman–Crippen LogP) is 2.80. The zero-order chi connectivity index (χ0) is 14.7. The summed E-state index contributed by atoms with van der Waals surface area (Å²) >= 11 is 0. The van der Waals surface area contributed by atoms with Crippen LogP contribution in [0, 0.1) is 5.92 Å². The number of carbonyl (C=O) groups excluding carboxylic acids is 1. The van der Waals surface area contributed by atoms with E-state index in [-0.39, 0.29) is 5.97 Å². The highest BCUT2D eigenvalue weighted by Crippen LogP contribution is 2.29. The normalized spacial score (nSPS) is 14.7. The largest absolute Gasteiger partial charge is 0.461 e. The molecule has 0 amide bonds. The van der Waals surface area contributed by atoms with Crippen LogP contribution in [0.1, 0.15) is 36.2 Å². The molecular weight excluding hydrogens is 266 g/mol. The highest BCUT2D eigenvalue weighted by Gasteiger charge is 2.18. The van der Waals surface area contributed by atoms with Crippen LogP contribution >= 0.6 is 0 Å². The summed E-state index contributed by atoms with van der Waals surface area (Å²) in [6, 6.07) is 8.98. The molecule has 5 heteroatoms. The summed E-state index contributed by atoms with van der Waals surface area (Å²) in [5, 5.41) is 4.24. The van der Waals surface area contributed by atoms with Gasteiger partial charge in [-0.05, 0) is 42.7 Å². The maximum atomic E-state index is 11.9. The first-order chi connectivity index (χ1) is 10.2. The lowest BCUT2D eigenvalue weighted by molar-refractivity contribution is 0.0457. The molecule has 1 aromatic heterocycles. The van der Waals surface area contributed by atoms with E-state index in [2.05, 4.69) is 5.10 Å². The van der Waals surface area contributed by atoms with Gasteiger partial charge in [-0.1, -0.05) is 19.3 Å². The minimum Gasteiger partial charge on any atom is -0.461 e. The summed E-state index contributed by atoms with van der Waals surface area (Å²) in [4.78, 5) is 11.9. The Hall–Kier alpha value is -2.30. The van der Waals surface area contributed by atoms with Gasteiger partial charge in [-0.3, -0.25) is 0 Å². The molecule has 5 nitrogen and oxygen atoms in total. The molecule has 2 N–H and O–H groups in total. The number of benzene rings is 1. The maximum absolute atomic E-state index is 11.9. The van der Waals surface area contributed by atoms with Crippen molar-refractivity contribution in [2.45, 2.75) is 25.7 Å². The molecule has 0 atom stereocenters. The molecule has 110 valence electrons. The summed E-state index contributed by atoms with van der Waals surface area (Å²) in [6.07, 6.45) is 6.55. The molecule has 0 bridgehead atoms. The molecule has 1 aliphatic rings. The van der Waals surface area contributed by atoms with Gasteiger partial charge in [0.1, 0.15) is 0 Å². The molecular formula is C16H19N3O2. The SMILES string of the molecule is Nc1ccc(-n2ccc(C(=O)OCCC3CCC3)n2)cc1. The van der Waals surface area contributed by atoms with Crippen molar-refractivity contribution in [3.63, 3.8) is 0 Å². The highest BCUT2D eigenvalue weighted by molar-refractivity contribution is 5.87. The minimum atomic E-state index is -0.358. The van der Waals surface area contributed by atoms with Crippen LogP contribution in [0.15, 0.2) is 36.5 Å². The quantitative estimate of drug-likeness (QED) is 0.677. The summed E-state index contributed by atoms with van der Waals surface area (Å²) in [5.74, 6) is 0.383. The van der Waals surface area contributed by atoms with Gasteiger partial charge < -0.3 is 10.5 Å². The van der Waals surface area contributed by atoms with Crippen molar-refractivity contribution in [1.29, 1.82) is 0 Å². The van der Waals surface area contributed by atoms with E-state index in [1.54, 1.807) is 29.1 Å². The van der Waals surface area contributed by atoms with Gasteiger partial charge in [-0.15, -0.1) is 0 Å². The second kappa shape index (κ2) is 5.99. The van der Waals surface area contributed by atoms with Crippen molar-refractivity contribution in [3.05, 3.63) is 42.2 Å². The zero-order valence-electron chi connectivity index (χ0n) is 11.9. The molecule has 1 fully saturated rings. The third kappa shape index (κ3) is 3.24. The second-order valence-electron chi connectivity index (χ2n) is 5.46. The van der Waals surface area contributed by atoms with Gasteiger partial charge >= 0.3 is 5.97 Å². The number of aromatic nitrogens is 2. The number of nitrogens with zero attached hydrogens (tertiary/aromatic N) is 2. The number of anilines is 1. The van der Waals surface area contributed by atoms with Gasteiger partial charge in [-0.25, -0.2) is 9.48 Å². The Morgan fingerprint density at radius 2 is 2.05 bits per heavy atom. The van der Waals surface area contributed by atoms with Crippen LogP contribution < -0.4 is 5.73 Å². The Morgan fingerprint density at radius 3 is 2.71 bits per heavy atom. The Morgan fingerprint density at radius 1 is 1.29 bits per heavy atom. The van der Waals surface area contributed by atoms with Crippen LogP contribution in [0.5, 0.6) is 0 Å². The number of nitrogens with two attached hydrogens (primary N) is 1. The summed E-state index contributed by atoms with van der Waals surface area (Å²) < 4.78 is 6.91. The van der Waals surface area contributed by atoms with E-state index in [1.807, 2.05) is 12.1 Å². The van der Waals surface area contributed by atoms with Crippen LogP contribution in [0.2, 0.25) is 0 Å². The molecule has 1 aliphatic carbocycles. The first-order valence-electron chi connectivity index (χ1n) is 7.31.